The second kappa shape index (κ2) is 11.8. The summed E-state index contributed by atoms with van der Waals surface area (Å²) in [6.45, 7) is 20.3. The van der Waals surface area contributed by atoms with Gasteiger partial charge < -0.3 is 19.5 Å². The SMILES string of the molecule is [2H]c1cc2c3c(c1)Oc1ccc(C(C)(C)C)cc1B3c1cc(N(c3ccc(C(C)(C)C)cc3)c3ccc(C(C)(C)C)cc3)c3c4ccccc4n(C)c3c1N2. The summed E-state index contributed by atoms with van der Waals surface area (Å²) in [5.41, 5.74) is 15.0. The maximum absolute atomic E-state index is 8.80. The lowest BCUT2D eigenvalue weighted by atomic mass is 9.34. The van der Waals surface area contributed by atoms with Crippen molar-refractivity contribution in [1.29, 1.82) is 0 Å². The minimum absolute atomic E-state index is 0.0322. The average molecular weight is 709 g/mol. The number of nitrogens with zero attached hydrogens (tertiary/aromatic N) is 2. The van der Waals surface area contributed by atoms with Crippen molar-refractivity contribution in [3.05, 3.63) is 132 Å². The highest BCUT2D eigenvalue weighted by Gasteiger charge is 2.41. The Morgan fingerprint density at radius 3 is 1.85 bits per heavy atom. The van der Waals surface area contributed by atoms with E-state index in [-0.39, 0.29) is 23.0 Å². The van der Waals surface area contributed by atoms with Gasteiger partial charge in [0.25, 0.3) is 6.71 Å². The normalized spacial score (nSPS) is 13.9. The molecule has 1 N–H and O–H groups in total. The first-order valence-electron chi connectivity index (χ1n) is 19.8. The van der Waals surface area contributed by atoms with E-state index in [0.717, 1.165) is 56.4 Å². The number of para-hydroxylation sites is 1. The third kappa shape index (κ3) is 5.34. The van der Waals surface area contributed by atoms with Crippen LogP contribution in [0.1, 0.15) is 80.4 Å². The standard InChI is InChI=1S/C49H50BN3O/c1-47(2,3)30-18-23-33(24-19-30)53(34-25-20-31(21-26-34)48(4,5)6)40-29-37-45(46-43(40)35-14-11-12-16-39(35)52(46)10)51-38-15-13-17-42-44(38)50(37)36-28-32(49(7,8)9)22-27-41(36)54-42/h11-29,51H,1-10H3/i13D. The Morgan fingerprint density at radius 2 is 1.24 bits per heavy atom. The fourth-order valence-electron chi connectivity index (χ4n) is 8.60. The number of fused-ring (bicyclic) bond motifs is 8. The Kier molecular flexibility index (Phi) is 7.24. The van der Waals surface area contributed by atoms with Crippen LogP contribution in [0.4, 0.5) is 28.4 Å². The molecule has 0 saturated heterocycles. The molecule has 270 valence electrons. The second-order valence-corrected chi connectivity index (χ2v) is 18.4. The number of ether oxygens (including phenoxy) is 1. The zero-order valence-electron chi connectivity index (χ0n) is 34.3. The Balaban J connectivity index is 1.40. The second-order valence-electron chi connectivity index (χ2n) is 18.4. The van der Waals surface area contributed by atoms with Crippen LogP contribution in [-0.4, -0.2) is 11.3 Å². The first kappa shape index (κ1) is 33.2. The van der Waals surface area contributed by atoms with E-state index in [1.165, 1.54) is 38.4 Å². The fraction of sp³-hybridized carbons (Fsp3) is 0.265. The van der Waals surface area contributed by atoms with Crippen LogP contribution in [0.5, 0.6) is 11.5 Å². The van der Waals surface area contributed by atoms with Gasteiger partial charge in [-0.25, -0.2) is 0 Å². The van der Waals surface area contributed by atoms with Crippen LogP contribution >= 0.6 is 0 Å². The number of anilines is 5. The van der Waals surface area contributed by atoms with Gasteiger partial charge in [-0.05, 0) is 104 Å². The van der Waals surface area contributed by atoms with E-state index in [4.69, 9.17) is 6.11 Å². The summed E-state index contributed by atoms with van der Waals surface area (Å²) in [4.78, 5) is 2.46. The zero-order chi connectivity index (χ0) is 38.8. The molecule has 0 spiro atoms. The lowest BCUT2D eigenvalue weighted by molar-refractivity contribution is 0.486. The molecular weight excluding hydrogens is 657 g/mol. The molecule has 0 fully saturated rings. The summed E-state index contributed by atoms with van der Waals surface area (Å²) in [5.74, 6) is 1.59. The summed E-state index contributed by atoms with van der Waals surface area (Å²) in [6, 6.07) is 40.4. The van der Waals surface area contributed by atoms with E-state index in [1.807, 2.05) is 12.1 Å². The van der Waals surface area contributed by atoms with Crippen molar-refractivity contribution >= 4 is 73.3 Å². The number of hydrogen-bond acceptors (Lipinski definition) is 3. The van der Waals surface area contributed by atoms with Crippen LogP contribution in [0.15, 0.2) is 115 Å². The minimum Gasteiger partial charge on any atom is -0.458 e. The number of rotatable bonds is 3. The molecular formula is C49H50BN3O. The van der Waals surface area contributed by atoms with Gasteiger partial charge in [0.1, 0.15) is 11.5 Å². The van der Waals surface area contributed by atoms with Gasteiger partial charge >= 0.3 is 0 Å². The Bertz CT molecular complexity index is 2610. The van der Waals surface area contributed by atoms with E-state index >= 15 is 0 Å². The molecule has 0 bridgehead atoms. The van der Waals surface area contributed by atoms with Crippen molar-refractivity contribution in [2.24, 2.45) is 7.05 Å². The molecule has 4 nitrogen and oxygen atoms in total. The number of benzene rings is 6. The lowest BCUT2D eigenvalue weighted by Crippen LogP contribution is -2.58. The molecule has 7 aromatic rings. The third-order valence-electron chi connectivity index (χ3n) is 11.7. The van der Waals surface area contributed by atoms with Crippen LogP contribution in [0.3, 0.4) is 0 Å². The Hall–Kier alpha value is -5.42. The maximum atomic E-state index is 8.80. The van der Waals surface area contributed by atoms with Gasteiger partial charge in [-0.15, -0.1) is 0 Å². The van der Waals surface area contributed by atoms with Crippen molar-refractivity contribution in [2.45, 2.75) is 78.6 Å². The monoisotopic (exact) mass is 708 g/mol. The molecule has 6 aromatic carbocycles. The van der Waals surface area contributed by atoms with Gasteiger partial charge in [-0.2, -0.15) is 0 Å². The molecule has 0 unspecified atom stereocenters. The number of hydrogen-bond donors (Lipinski definition) is 1. The van der Waals surface area contributed by atoms with Gasteiger partial charge in [0.2, 0.25) is 0 Å². The van der Waals surface area contributed by atoms with Gasteiger partial charge in [-0.3, -0.25) is 0 Å². The topological polar surface area (TPSA) is 29.4 Å². The van der Waals surface area contributed by atoms with Gasteiger partial charge in [0, 0.05) is 40.4 Å². The molecule has 5 heteroatoms. The number of aromatic nitrogens is 1. The number of aryl methyl sites for hydroxylation is 1. The van der Waals surface area contributed by atoms with Crippen LogP contribution in [-0.2, 0) is 23.3 Å². The summed E-state index contributed by atoms with van der Waals surface area (Å²) in [7, 11) is 2.19. The maximum Gasteiger partial charge on any atom is 0.256 e. The fourth-order valence-corrected chi connectivity index (χ4v) is 8.60. The van der Waals surface area contributed by atoms with Gasteiger partial charge in [-0.1, -0.05) is 123 Å². The van der Waals surface area contributed by atoms with Crippen LogP contribution in [0.25, 0.3) is 21.8 Å². The highest BCUT2D eigenvalue weighted by atomic mass is 16.5. The zero-order valence-corrected chi connectivity index (χ0v) is 33.3. The summed E-state index contributed by atoms with van der Waals surface area (Å²) >= 11 is 0. The van der Waals surface area contributed by atoms with Gasteiger partial charge in [0.15, 0.2) is 0 Å². The van der Waals surface area contributed by atoms with Crippen molar-refractivity contribution < 1.29 is 6.11 Å². The van der Waals surface area contributed by atoms with Crippen molar-refractivity contribution in [2.75, 3.05) is 10.2 Å². The van der Waals surface area contributed by atoms with Crippen LogP contribution < -0.4 is 31.3 Å². The quantitative estimate of drug-likeness (QED) is 0.185. The molecule has 0 amide bonds. The lowest BCUT2D eigenvalue weighted by Gasteiger charge is -2.36. The smallest absolute Gasteiger partial charge is 0.256 e. The van der Waals surface area contributed by atoms with E-state index in [1.54, 1.807) is 0 Å². The highest BCUT2D eigenvalue weighted by molar-refractivity contribution is 6.99. The molecule has 54 heavy (non-hydrogen) atoms. The largest absolute Gasteiger partial charge is 0.458 e. The van der Waals surface area contributed by atoms with E-state index in [0.29, 0.717) is 6.04 Å². The molecule has 0 atom stereocenters. The van der Waals surface area contributed by atoms with Crippen molar-refractivity contribution in [3.63, 3.8) is 0 Å². The van der Waals surface area contributed by atoms with E-state index < -0.39 is 0 Å². The number of nitrogens with one attached hydrogen (secondary N) is 1. The summed E-state index contributed by atoms with van der Waals surface area (Å²) in [6.07, 6.45) is 0. The first-order chi connectivity index (χ1) is 26.0. The highest BCUT2D eigenvalue weighted by Crippen LogP contribution is 2.47. The molecule has 9 rings (SSSR count). The average Bonchev–Trinajstić information content (AvgIpc) is 3.43. The molecule has 2 aliphatic rings. The van der Waals surface area contributed by atoms with Crippen molar-refractivity contribution in [1.82, 2.24) is 4.57 Å². The molecule has 3 heterocycles. The van der Waals surface area contributed by atoms with Crippen LogP contribution in [0.2, 0.25) is 0 Å². The molecule has 0 radical (unpaired) electrons. The minimum atomic E-state index is -0.109. The van der Waals surface area contributed by atoms with E-state index in [9.17, 15) is 0 Å². The van der Waals surface area contributed by atoms with Gasteiger partial charge in [0.05, 0.1) is 18.3 Å². The Labute approximate surface area is 322 Å². The summed E-state index contributed by atoms with van der Waals surface area (Å²) in [5, 5.41) is 6.28. The molecule has 1 aromatic heterocycles. The van der Waals surface area contributed by atoms with Crippen LogP contribution in [0, 0.1) is 0 Å². The summed E-state index contributed by atoms with van der Waals surface area (Å²) < 4.78 is 17.8. The predicted octanol–water partition coefficient (Wildman–Crippen LogP) is 11.4. The van der Waals surface area contributed by atoms with Crippen molar-refractivity contribution in [3.8, 4) is 11.5 Å². The Morgan fingerprint density at radius 1 is 0.648 bits per heavy atom. The molecule has 2 aliphatic heterocycles. The molecule has 0 saturated carbocycles. The predicted molar refractivity (Wildman–Crippen MR) is 232 cm³/mol. The first-order valence-corrected chi connectivity index (χ1v) is 19.3. The van der Waals surface area contributed by atoms with E-state index in [2.05, 4.69) is 181 Å². The molecule has 0 aliphatic carbocycles. The third-order valence-corrected chi connectivity index (χ3v) is 11.7.